The van der Waals surface area contributed by atoms with Crippen molar-refractivity contribution < 1.29 is 8.78 Å². The zero-order valence-electron chi connectivity index (χ0n) is 8.40. The molecule has 1 aliphatic rings. The van der Waals surface area contributed by atoms with Gasteiger partial charge >= 0.3 is 0 Å². The van der Waals surface area contributed by atoms with Crippen molar-refractivity contribution in [3.05, 3.63) is 32.9 Å². The van der Waals surface area contributed by atoms with Gasteiger partial charge < -0.3 is 0 Å². The quantitative estimate of drug-likeness (QED) is 0.523. The summed E-state index contributed by atoms with van der Waals surface area (Å²) in [6, 6.07) is 3.00. The lowest BCUT2D eigenvalue weighted by Gasteiger charge is -2.22. The molecule has 0 bridgehead atoms. The predicted octanol–water partition coefficient (Wildman–Crippen LogP) is 4.62. The molecule has 0 aliphatic heterocycles. The summed E-state index contributed by atoms with van der Waals surface area (Å²) >= 11 is 1.71. The van der Waals surface area contributed by atoms with Crippen LogP contribution in [0.3, 0.4) is 0 Å². The van der Waals surface area contributed by atoms with Gasteiger partial charge in [-0.3, -0.25) is 0 Å². The number of benzene rings is 1. The van der Waals surface area contributed by atoms with Gasteiger partial charge in [-0.1, -0.05) is 19.3 Å². The summed E-state index contributed by atoms with van der Waals surface area (Å²) in [4.78, 5) is 0. The fourth-order valence-corrected chi connectivity index (χ4v) is 2.56. The van der Waals surface area contributed by atoms with Crippen LogP contribution >= 0.6 is 22.6 Å². The third-order valence-electron chi connectivity index (χ3n) is 3.08. The molecule has 0 radical (unpaired) electrons. The van der Waals surface area contributed by atoms with Gasteiger partial charge in [-0.15, -0.1) is 0 Å². The van der Waals surface area contributed by atoms with E-state index in [1.165, 1.54) is 31.4 Å². The molecule has 0 heterocycles. The highest BCUT2D eigenvalue weighted by Gasteiger charge is 2.18. The summed E-state index contributed by atoms with van der Waals surface area (Å²) in [7, 11) is 0. The molecule has 1 fully saturated rings. The number of hydrogen-bond acceptors (Lipinski definition) is 0. The van der Waals surface area contributed by atoms with Crippen LogP contribution in [0.2, 0.25) is 0 Å². The molecular formula is C12H13F2I. The van der Waals surface area contributed by atoms with Crippen LogP contribution < -0.4 is 0 Å². The minimum absolute atomic E-state index is 0.104. The van der Waals surface area contributed by atoms with Gasteiger partial charge in [0.25, 0.3) is 0 Å². The van der Waals surface area contributed by atoms with Crippen molar-refractivity contribution in [2.45, 2.75) is 38.0 Å². The summed E-state index contributed by atoms with van der Waals surface area (Å²) in [5.74, 6) is -0.480. The Kier molecular flexibility index (Phi) is 3.59. The van der Waals surface area contributed by atoms with Gasteiger partial charge in [-0.25, -0.2) is 8.78 Å². The van der Waals surface area contributed by atoms with Gasteiger partial charge in [0, 0.05) is 0 Å². The molecule has 1 aromatic rings. The minimum atomic E-state index is -0.420. The van der Waals surface area contributed by atoms with Gasteiger partial charge in [-0.2, -0.15) is 0 Å². The monoisotopic (exact) mass is 322 g/mol. The normalized spacial score (nSPS) is 18.1. The average molecular weight is 322 g/mol. The second-order valence-corrected chi connectivity index (χ2v) is 5.21. The predicted molar refractivity (Wildman–Crippen MR) is 64.9 cm³/mol. The Balaban J connectivity index is 2.27. The van der Waals surface area contributed by atoms with E-state index >= 15 is 0 Å². The molecule has 0 atom stereocenters. The summed E-state index contributed by atoms with van der Waals surface area (Å²) in [6.07, 6.45) is 5.75. The highest BCUT2D eigenvalue weighted by molar-refractivity contribution is 14.1. The van der Waals surface area contributed by atoms with E-state index in [1.54, 1.807) is 22.6 Å². The third-order valence-corrected chi connectivity index (χ3v) is 4.11. The maximum absolute atomic E-state index is 13.3. The van der Waals surface area contributed by atoms with Crippen LogP contribution in [0.15, 0.2) is 12.1 Å². The maximum atomic E-state index is 13.3. The zero-order chi connectivity index (χ0) is 10.8. The van der Waals surface area contributed by atoms with Crippen LogP contribution in [0.1, 0.15) is 43.6 Å². The molecule has 0 nitrogen and oxygen atoms in total. The van der Waals surface area contributed by atoms with Gasteiger partial charge in [0.1, 0.15) is 11.6 Å². The van der Waals surface area contributed by atoms with Crippen molar-refractivity contribution >= 4 is 22.6 Å². The van der Waals surface area contributed by atoms with E-state index in [0.717, 1.165) is 18.4 Å². The highest BCUT2D eigenvalue weighted by Crippen LogP contribution is 2.34. The van der Waals surface area contributed by atoms with E-state index in [1.807, 2.05) is 0 Å². The second-order valence-electron chi connectivity index (χ2n) is 4.13. The molecule has 1 aliphatic carbocycles. The highest BCUT2D eigenvalue weighted by atomic mass is 127. The van der Waals surface area contributed by atoms with Gasteiger partial charge in [0.2, 0.25) is 0 Å². The SMILES string of the molecule is Fc1cc(C2CCCCC2)cc(F)c1I. The smallest absolute Gasteiger partial charge is 0.139 e. The van der Waals surface area contributed by atoms with Crippen LogP contribution in [-0.4, -0.2) is 0 Å². The van der Waals surface area contributed by atoms with Crippen LogP contribution in [0.4, 0.5) is 8.78 Å². The first-order valence-electron chi connectivity index (χ1n) is 5.33. The van der Waals surface area contributed by atoms with E-state index in [4.69, 9.17) is 0 Å². The largest absolute Gasteiger partial charge is 0.206 e. The molecule has 0 unspecified atom stereocenters. The van der Waals surface area contributed by atoms with Gasteiger partial charge in [0.15, 0.2) is 0 Å². The topological polar surface area (TPSA) is 0 Å². The summed E-state index contributed by atoms with van der Waals surface area (Å²) in [5.41, 5.74) is 0.838. The Bertz CT molecular complexity index is 334. The number of hydrogen-bond donors (Lipinski definition) is 0. The molecule has 1 aromatic carbocycles. The van der Waals surface area contributed by atoms with Crippen molar-refractivity contribution in [3.63, 3.8) is 0 Å². The first kappa shape index (κ1) is 11.3. The molecule has 1 saturated carbocycles. The Morgan fingerprint density at radius 1 is 1.00 bits per heavy atom. The van der Waals surface area contributed by atoms with Crippen LogP contribution in [0, 0.1) is 15.2 Å². The van der Waals surface area contributed by atoms with Crippen molar-refractivity contribution in [3.8, 4) is 0 Å². The van der Waals surface area contributed by atoms with E-state index in [0.29, 0.717) is 5.92 Å². The Morgan fingerprint density at radius 3 is 2.07 bits per heavy atom. The van der Waals surface area contributed by atoms with Crippen molar-refractivity contribution in [1.29, 1.82) is 0 Å². The van der Waals surface area contributed by atoms with Crippen LogP contribution in [0.25, 0.3) is 0 Å². The molecule has 82 valence electrons. The van der Waals surface area contributed by atoms with Crippen molar-refractivity contribution in [1.82, 2.24) is 0 Å². The number of halogens is 3. The number of rotatable bonds is 1. The van der Waals surface area contributed by atoms with E-state index < -0.39 is 11.6 Å². The molecule has 0 aromatic heterocycles. The van der Waals surface area contributed by atoms with Crippen molar-refractivity contribution in [2.75, 3.05) is 0 Å². The first-order valence-corrected chi connectivity index (χ1v) is 6.41. The fraction of sp³-hybridized carbons (Fsp3) is 0.500. The average Bonchev–Trinajstić information content (AvgIpc) is 2.26. The second kappa shape index (κ2) is 4.76. The standard InChI is InChI=1S/C12H13F2I/c13-10-6-9(7-11(14)12(10)15)8-4-2-1-3-5-8/h6-8H,1-5H2. The van der Waals surface area contributed by atoms with E-state index in [-0.39, 0.29) is 3.57 Å². The lowest BCUT2D eigenvalue weighted by molar-refractivity contribution is 0.439. The zero-order valence-corrected chi connectivity index (χ0v) is 10.6. The van der Waals surface area contributed by atoms with E-state index in [9.17, 15) is 8.78 Å². The molecule has 3 heteroatoms. The molecule has 0 spiro atoms. The molecular weight excluding hydrogens is 309 g/mol. The van der Waals surface area contributed by atoms with Gasteiger partial charge in [0.05, 0.1) is 3.57 Å². The molecule has 2 rings (SSSR count). The van der Waals surface area contributed by atoms with Crippen molar-refractivity contribution in [2.24, 2.45) is 0 Å². The molecule has 0 saturated heterocycles. The van der Waals surface area contributed by atoms with Gasteiger partial charge in [-0.05, 0) is 59.0 Å². The van der Waals surface area contributed by atoms with E-state index in [2.05, 4.69) is 0 Å². The first-order chi connectivity index (χ1) is 7.18. The Hall–Kier alpha value is -0.190. The lowest BCUT2D eigenvalue weighted by Crippen LogP contribution is -2.06. The Morgan fingerprint density at radius 2 is 1.53 bits per heavy atom. The van der Waals surface area contributed by atoms with Crippen LogP contribution in [-0.2, 0) is 0 Å². The molecule has 0 N–H and O–H groups in total. The maximum Gasteiger partial charge on any atom is 0.139 e. The summed E-state index contributed by atoms with van der Waals surface area (Å²) in [6.45, 7) is 0. The summed E-state index contributed by atoms with van der Waals surface area (Å²) in [5, 5.41) is 0. The third kappa shape index (κ3) is 2.49. The molecule has 15 heavy (non-hydrogen) atoms. The lowest BCUT2D eigenvalue weighted by atomic mass is 9.84. The van der Waals surface area contributed by atoms with Crippen LogP contribution in [0.5, 0.6) is 0 Å². The minimum Gasteiger partial charge on any atom is -0.206 e. The fourth-order valence-electron chi connectivity index (χ4n) is 2.25. The molecule has 0 amide bonds. The Labute approximate surface area is 102 Å². The summed E-state index contributed by atoms with van der Waals surface area (Å²) < 4.78 is 26.8.